The van der Waals surface area contributed by atoms with E-state index in [1.807, 2.05) is 0 Å². The van der Waals surface area contributed by atoms with Crippen LogP contribution in [-0.2, 0) is 4.18 Å². The summed E-state index contributed by atoms with van der Waals surface area (Å²) in [5, 5.41) is 0. The monoisotopic (exact) mass is 143 g/mol. The van der Waals surface area contributed by atoms with E-state index in [0.717, 1.165) is 17.8 Å². The zero-order chi connectivity index (χ0) is 7.11. The van der Waals surface area contributed by atoms with E-state index >= 15 is 0 Å². The molecular weight excluding hydrogens is 134 g/mol. The summed E-state index contributed by atoms with van der Waals surface area (Å²) in [5.74, 6) is 0. The van der Waals surface area contributed by atoms with Gasteiger partial charge in [-0.05, 0) is 5.57 Å². The molecule has 0 amide bonds. The molecule has 0 atom stereocenters. The molecule has 0 aromatic carbocycles. The van der Waals surface area contributed by atoms with Gasteiger partial charge in [-0.1, -0.05) is 19.2 Å². The maximum absolute atomic E-state index is 4.58. The zero-order valence-corrected chi connectivity index (χ0v) is 6.15. The molecule has 0 radical (unpaired) electrons. The van der Waals surface area contributed by atoms with Crippen molar-refractivity contribution in [2.75, 3.05) is 7.11 Å². The highest BCUT2D eigenvalue weighted by atomic mass is 32.2. The lowest BCUT2D eigenvalue weighted by atomic mass is 10.3. The summed E-state index contributed by atoms with van der Waals surface area (Å²) in [5.41, 5.74) is 0.777. The van der Waals surface area contributed by atoms with E-state index in [0.29, 0.717) is 0 Å². The van der Waals surface area contributed by atoms with Crippen LogP contribution in [0.4, 0.5) is 0 Å². The normalized spacial score (nSPS) is 9.89. The molecule has 0 unspecified atom stereocenters. The SMILES string of the molecule is C=CC(=C)/C=N/SOC. The second kappa shape index (κ2) is 5.59. The molecule has 0 aromatic rings. The van der Waals surface area contributed by atoms with Crippen LogP contribution < -0.4 is 0 Å². The topological polar surface area (TPSA) is 21.6 Å². The molecule has 0 spiro atoms. The van der Waals surface area contributed by atoms with Crippen molar-refractivity contribution in [3.05, 3.63) is 24.8 Å². The van der Waals surface area contributed by atoms with Gasteiger partial charge in [-0.15, -0.1) is 0 Å². The van der Waals surface area contributed by atoms with Crippen molar-refractivity contribution in [3.63, 3.8) is 0 Å². The molecule has 9 heavy (non-hydrogen) atoms. The Hall–Kier alpha value is -0.540. The highest BCUT2D eigenvalue weighted by Gasteiger charge is 1.77. The molecule has 0 heterocycles. The average Bonchev–Trinajstić information content (AvgIpc) is 1.89. The Morgan fingerprint density at radius 1 is 1.78 bits per heavy atom. The van der Waals surface area contributed by atoms with Gasteiger partial charge in [0.15, 0.2) is 0 Å². The predicted octanol–water partition coefficient (Wildman–Crippen LogP) is 2.01. The van der Waals surface area contributed by atoms with Gasteiger partial charge < -0.3 is 0 Å². The van der Waals surface area contributed by atoms with Crippen molar-refractivity contribution >= 4 is 18.4 Å². The van der Waals surface area contributed by atoms with Crippen molar-refractivity contribution < 1.29 is 4.18 Å². The van der Waals surface area contributed by atoms with Gasteiger partial charge >= 0.3 is 0 Å². The lowest BCUT2D eigenvalue weighted by Crippen LogP contribution is -1.72. The molecule has 0 bridgehead atoms. The lowest BCUT2D eigenvalue weighted by Gasteiger charge is -1.85. The summed E-state index contributed by atoms with van der Waals surface area (Å²) in [7, 11) is 1.55. The molecule has 2 nitrogen and oxygen atoms in total. The molecule has 0 aromatic heterocycles. The molecule has 0 N–H and O–H groups in total. The Bertz CT molecular complexity index is 131. The third kappa shape index (κ3) is 5.33. The molecule has 0 aliphatic carbocycles. The maximum Gasteiger partial charge on any atom is 0.136 e. The molecular formula is C6H9NOS. The van der Waals surface area contributed by atoms with E-state index in [1.165, 1.54) is 0 Å². The Balaban J connectivity index is 3.44. The van der Waals surface area contributed by atoms with Crippen LogP contribution in [0.15, 0.2) is 29.2 Å². The standard InChI is InChI=1S/C6H9NOS/c1-4-6(2)5-7-9-8-3/h4-5H,1-2H2,3H3/b7-5+. The van der Waals surface area contributed by atoms with Gasteiger partial charge in [0.05, 0.1) is 7.11 Å². The predicted molar refractivity (Wildman–Crippen MR) is 42.4 cm³/mol. The summed E-state index contributed by atoms with van der Waals surface area (Å²) in [6, 6.07) is 0. The summed E-state index contributed by atoms with van der Waals surface area (Å²) in [6.45, 7) is 7.11. The van der Waals surface area contributed by atoms with Crippen LogP contribution in [-0.4, -0.2) is 13.3 Å². The molecule has 0 rings (SSSR count). The van der Waals surface area contributed by atoms with Crippen molar-refractivity contribution in [2.45, 2.75) is 0 Å². The Morgan fingerprint density at radius 3 is 2.89 bits per heavy atom. The first-order valence-electron chi connectivity index (χ1n) is 2.35. The highest BCUT2D eigenvalue weighted by molar-refractivity contribution is 7.93. The summed E-state index contributed by atoms with van der Waals surface area (Å²) in [4.78, 5) is 0. The van der Waals surface area contributed by atoms with E-state index in [2.05, 4.69) is 21.7 Å². The highest BCUT2D eigenvalue weighted by Crippen LogP contribution is 2.00. The van der Waals surface area contributed by atoms with Crippen LogP contribution in [0.25, 0.3) is 0 Å². The third-order valence-electron chi connectivity index (χ3n) is 0.598. The van der Waals surface area contributed by atoms with E-state index in [9.17, 15) is 0 Å². The maximum atomic E-state index is 4.58. The van der Waals surface area contributed by atoms with Gasteiger partial charge in [0, 0.05) is 6.21 Å². The van der Waals surface area contributed by atoms with Crippen molar-refractivity contribution in [1.82, 2.24) is 0 Å². The Morgan fingerprint density at radius 2 is 2.44 bits per heavy atom. The summed E-state index contributed by atoms with van der Waals surface area (Å²) in [6.07, 6.45) is 3.21. The summed E-state index contributed by atoms with van der Waals surface area (Å²) >= 11 is 1.01. The van der Waals surface area contributed by atoms with E-state index < -0.39 is 0 Å². The molecule has 0 saturated carbocycles. The van der Waals surface area contributed by atoms with Crippen LogP contribution in [0.2, 0.25) is 0 Å². The van der Waals surface area contributed by atoms with Gasteiger partial charge in [0.1, 0.15) is 12.2 Å². The smallest absolute Gasteiger partial charge is 0.136 e. The quantitative estimate of drug-likeness (QED) is 0.260. The first-order valence-corrected chi connectivity index (χ1v) is 3.05. The number of nitrogens with zero attached hydrogens (tertiary/aromatic N) is 1. The minimum Gasteiger partial charge on any atom is -0.299 e. The fourth-order valence-electron chi connectivity index (χ4n) is 0.185. The number of rotatable bonds is 4. The average molecular weight is 143 g/mol. The van der Waals surface area contributed by atoms with Crippen LogP contribution in [0.5, 0.6) is 0 Å². The first kappa shape index (κ1) is 8.46. The summed E-state index contributed by atoms with van der Waals surface area (Å²) < 4.78 is 8.34. The van der Waals surface area contributed by atoms with Crippen molar-refractivity contribution in [3.8, 4) is 0 Å². The third-order valence-corrected chi connectivity index (χ3v) is 0.939. The second-order valence-corrected chi connectivity index (χ2v) is 1.95. The molecule has 0 aliphatic heterocycles. The largest absolute Gasteiger partial charge is 0.299 e. The van der Waals surface area contributed by atoms with Gasteiger partial charge in [-0.2, -0.15) is 4.40 Å². The minimum atomic E-state index is 0.777. The first-order chi connectivity index (χ1) is 4.31. The lowest BCUT2D eigenvalue weighted by molar-refractivity contribution is 0.491. The fraction of sp³-hybridized carbons (Fsp3) is 0.167. The molecule has 0 saturated heterocycles. The van der Waals surface area contributed by atoms with Gasteiger partial charge in [0.2, 0.25) is 0 Å². The van der Waals surface area contributed by atoms with E-state index in [4.69, 9.17) is 0 Å². The van der Waals surface area contributed by atoms with Crippen LogP contribution in [0.1, 0.15) is 0 Å². The molecule has 0 fully saturated rings. The molecule has 3 heteroatoms. The Kier molecular flexibility index (Phi) is 5.26. The number of allylic oxidation sites excluding steroid dienone is 2. The van der Waals surface area contributed by atoms with Gasteiger partial charge in [-0.3, -0.25) is 4.18 Å². The minimum absolute atomic E-state index is 0.777. The molecule has 0 aliphatic rings. The van der Waals surface area contributed by atoms with E-state index in [-0.39, 0.29) is 0 Å². The van der Waals surface area contributed by atoms with Gasteiger partial charge in [0.25, 0.3) is 0 Å². The van der Waals surface area contributed by atoms with Crippen LogP contribution >= 0.6 is 12.2 Å². The van der Waals surface area contributed by atoms with Crippen molar-refractivity contribution in [1.29, 1.82) is 0 Å². The second-order valence-electron chi connectivity index (χ2n) is 1.25. The number of hydrogen-bond donors (Lipinski definition) is 0. The Labute approximate surface area is 59.7 Å². The number of hydrogen-bond acceptors (Lipinski definition) is 3. The fourth-order valence-corrected chi connectivity index (χ4v) is 0.449. The molecule has 50 valence electrons. The van der Waals surface area contributed by atoms with Crippen LogP contribution in [0.3, 0.4) is 0 Å². The zero-order valence-electron chi connectivity index (χ0n) is 5.33. The van der Waals surface area contributed by atoms with E-state index in [1.54, 1.807) is 19.4 Å². The van der Waals surface area contributed by atoms with Crippen molar-refractivity contribution in [2.24, 2.45) is 4.40 Å². The van der Waals surface area contributed by atoms with Crippen LogP contribution in [0, 0.1) is 0 Å². The van der Waals surface area contributed by atoms with Gasteiger partial charge in [-0.25, -0.2) is 0 Å².